The molecule has 0 fully saturated rings. The molecule has 0 aliphatic carbocycles. The fourth-order valence-electron chi connectivity index (χ4n) is 1.67. The molecule has 1 nitrogen and oxygen atoms in total. The number of rotatable bonds is 2. The molecule has 0 amide bonds. The van der Waals surface area contributed by atoms with Gasteiger partial charge in [0.15, 0.2) is 5.78 Å². The van der Waals surface area contributed by atoms with E-state index in [1.807, 2.05) is 33.8 Å². The summed E-state index contributed by atoms with van der Waals surface area (Å²) in [7, 11) is 0. The predicted octanol–water partition coefficient (Wildman–Crippen LogP) is 4.09. The monoisotopic (exact) mass is 206 g/mol. The summed E-state index contributed by atoms with van der Waals surface area (Å²) in [6.07, 6.45) is 0.994. The van der Waals surface area contributed by atoms with Gasteiger partial charge in [0.2, 0.25) is 0 Å². The molecule has 0 aromatic heterocycles. The summed E-state index contributed by atoms with van der Waals surface area (Å²) in [4.78, 5) is 11.3. The molecule has 0 saturated carbocycles. The fraction of sp³-hybridized carbons (Fsp3) is 0.500. The van der Waals surface area contributed by atoms with Crippen LogP contribution in [0.25, 0.3) is 0 Å². The van der Waals surface area contributed by atoms with Gasteiger partial charge in [-0.05, 0) is 44.4 Å². The van der Waals surface area contributed by atoms with Crippen molar-refractivity contribution in [3.63, 3.8) is 0 Å². The highest BCUT2D eigenvalue weighted by Gasteiger charge is 2.07. The molecule has 0 radical (unpaired) electrons. The van der Waals surface area contributed by atoms with Crippen LogP contribution in [0.5, 0.6) is 0 Å². The Morgan fingerprint density at radius 1 is 1.20 bits per heavy atom. The van der Waals surface area contributed by atoms with Crippen LogP contribution in [0.4, 0.5) is 0 Å². The first kappa shape index (κ1) is 13.9. The number of carbonyl (C=O) groups is 1. The van der Waals surface area contributed by atoms with E-state index in [1.165, 1.54) is 11.1 Å². The van der Waals surface area contributed by atoms with Gasteiger partial charge in [-0.3, -0.25) is 4.79 Å². The van der Waals surface area contributed by atoms with E-state index in [0.29, 0.717) is 0 Å². The number of carbonyl (C=O) groups excluding carboxylic acids is 1. The summed E-state index contributed by atoms with van der Waals surface area (Å²) in [5.74, 6) is 0.163. The van der Waals surface area contributed by atoms with Crippen LogP contribution in [-0.4, -0.2) is 5.78 Å². The fourth-order valence-corrected chi connectivity index (χ4v) is 1.67. The lowest BCUT2D eigenvalue weighted by Gasteiger charge is -2.09. The lowest BCUT2D eigenvalue weighted by atomic mass is 9.96. The van der Waals surface area contributed by atoms with E-state index >= 15 is 0 Å². The van der Waals surface area contributed by atoms with Crippen molar-refractivity contribution in [1.82, 2.24) is 0 Å². The van der Waals surface area contributed by atoms with Crippen LogP contribution in [0.1, 0.15) is 54.7 Å². The zero-order valence-electron chi connectivity index (χ0n) is 10.8. The Morgan fingerprint density at radius 3 is 2.13 bits per heavy atom. The molecule has 0 atom stereocenters. The van der Waals surface area contributed by atoms with Crippen molar-refractivity contribution >= 4 is 5.78 Å². The van der Waals surface area contributed by atoms with Crippen LogP contribution in [0.15, 0.2) is 12.1 Å². The molecular weight excluding hydrogens is 184 g/mol. The number of ketones is 1. The molecule has 1 aromatic rings. The second kappa shape index (κ2) is 6.39. The van der Waals surface area contributed by atoms with Crippen LogP contribution in [0.2, 0.25) is 0 Å². The van der Waals surface area contributed by atoms with Crippen molar-refractivity contribution in [2.75, 3.05) is 0 Å². The third-order valence-electron chi connectivity index (χ3n) is 2.42. The van der Waals surface area contributed by atoms with Crippen molar-refractivity contribution in [2.45, 2.75) is 48.0 Å². The zero-order chi connectivity index (χ0) is 12.0. The van der Waals surface area contributed by atoms with Crippen LogP contribution in [0, 0.1) is 13.8 Å². The number of hydrogen-bond acceptors (Lipinski definition) is 1. The third-order valence-corrected chi connectivity index (χ3v) is 2.42. The predicted molar refractivity (Wildman–Crippen MR) is 66.6 cm³/mol. The minimum Gasteiger partial charge on any atom is -0.295 e. The molecule has 0 aliphatic heterocycles. The highest BCUT2D eigenvalue weighted by Crippen LogP contribution is 2.17. The average Bonchev–Trinajstić information content (AvgIpc) is 2.23. The standard InChI is InChI=1S/C12H16O.C2H6/c1-5-11-6-8(2)7-12(9(11)3)10(4)13;1-2/h6-7H,5H2,1-4H3;1-2H3. The van der Waals surface area contributed by atoms with Crippen molar-refractivity contribution in [3.8, 4) is 0 Å². The maximum atomic E-state index is 11.3. The van der Waals surface area contributed by atoms with Crippen molar-refractivity contribution in [1.29, 1.82) is 0 Å². The third kappa shape index (κ3) is 3.50. The summed E-state index contributed by atoms with van der Waals surface area (Å²) in [6, 6.07) is 4.12. The summed E-state index contributed by atoms with van der Waals surface area (Å²) in [5.41, 5.74) is 4.47. The van der Waals surface area contributed by atoms with Gasteiger partial charge in [0.1, 0.15) is 0 Å². The maximum Gasteiger partial charge on any atom is 0.160 e. The summed E-state index contributed by atoms with van der Waals surface area (Å²) < 4.78 is 0. The van der Waals surface area contributed by atoms with Gasteiger partial charge in [-0.15, -0.1) is 0 Å². The smallest absolute Gasteiger partial charge is 0.160 e. The summed E-state index contributed by atoms with van der Waals surface area (Å²) >= 11 is 0. The number of Topliss-reactive ketones (excluding diaryl/α,β-unsaturated/α-hetero) is 1. The normalized spacial score (nSPS) is 9.20. The lowest BCUT2D eigenvalue weighted by molar-refractivity contribution is 0.101. The van der Waals surface area contributed by atoms with E-state index in [-0.39, 0.29) is 5.78 Å². The first-order chi connectivity index (χ1) is 7.06. The Hall–Kier alpha value is -1.11. The summed E-state index contributed by atoms with van der Waals surface area (Å²) in [6.45, 7) is 11.8. The van der Waals surface area contributed by atoms with Crippen molar-refractivity contribution in [2.24, 2.45) is 0 Å². The Morgan fingerprint density at radius 2 is 1.73 bits per heavy atom. The highest BCUT2D eigenvalue weighted by molar-refractivity contribution is 5.96. The van der Waals surface area contributed by atoms with Gasteiger partial charge >= 0.3 is 0 Å². The minimum atomic E-state index is 0.163. The molecule has 1 aromatic carbocycles. The maximum absolute atomic E-state index is 11.3. The average molecular weight is 206 g/mol. The van der Waals surface area contributed by atoms with E-state index in [0.717, 1.165) is 17.5 Å². The SMILES string of the molecule is CC.CCc1cc(C)cc(C(C)=O)c1C. The number of hydrogen-bond donors (Lipinski definition) is 0. The molecule has 0 spiro atoms. The topological polar surface area (TPSA) is 17.1 Å². The Kier molecular flexibility index (Phi) is 5.92. The van der Waals surface area contributed by atoms with Crippen LogP contribution < -0.4 is 0 Å². The lowest BCUT2D eigenvalue weighted by Crippen LogP contribution is -2.00. The van der Waals surface area contributed by atoms with E-state index in [2.05, 4.69) is 13.0 Å². The van der Waals surface area contributed by atoms with Gasteiger partial charge in [0.05, 0.1) is 0 Å². The van der Waals surface area contributed by atoms with Crippen molar-refractivity contribution in [3.05, 3.63) is 34.4 Å². The van der Waals surface area contributed by atoms with E-state index in [1.54, 1.807) is 6.92 Å². The largest absolute Gasteiger partial charge is 0.295 e. The van der Waals surface area contributed by atoms with E-state index < -0.39 is 0 Å². The number of benzene rings is 1. The second-order valence-electron chi connectivity index (χ2n) is 3.51. The molecule has 0 unspecified atom stereocenters. The first-order valence-electron chi connectivity index (χ1n) is 5.67. The van der Waals surface area contributed by atoms with Gasteiger partial charge in [-0.25, -0.2) is 0 Å². The van der Waals surface area contributed by atoms with Gasteiger partial charge in [-0.2, -0.15) is 0 Å². The molecule has 84 valence electrons. The molecule has 0 bridgehead atoms. The van der Waals surface area contributed by atoms with Gasteiger partial charge in [0, 0.05) is 5.56 Å². The number of aryl methyl sites for hydroxylation is 2. The van der Waals surface area contributed by atoms with E-state index in [4.69, 9.17) is 0 Å². The molecule has 15 heavy (non-hydrogen) atoms. The molecule has 0 aliphatic rings. The first-order valence-corrected chi connectivity index (χ1v) is 5.67. The molecule has 0 N–H and O–H groups in total. The molecule has 0 heterocycles. The Labute approximate surface area is 93.5 Å². The van der Waals surface area contributed by atoms with Crippen LogP contribution >= 0.6 is 0 Å². The molecule has 0 saturated heterocycles. The van der Waals surface area contributed by atoms with Crippen molar-refractivity contribution < 1.29 is 4.79 Å². The quantitative estimate of drug-likeness (QED) is 0.666. The highest BCUT2D eigenvalue weighted by atomic mass is 16.1. The van der Waals surface area contributed by atoms with Gasteiger partial charge < -0.3 is 0 Å². The molecular formula is C14H22O. The second-order valence-corrected chi connectivity index (χ2v) is 3.51. The van der Waals surface area contributed by atoms with Gasteiger partial charge in [-0.1, -0.05) is 32.4 Å². The molecule has 1 heteroatoms. The molecule has 1 rings (SSSR count). The van der Waals surface area contributed by atoms with E-state index in [9.17, 15) is 4.79 Å². The van der Waals surface area contributed by atoms with Gasteiger partial charge in [0.25, 0.3) is 0 Å². The minimum absolute atomic E-state index is 0.163. The Bertz CT molecular complexity index is 337. The Balaban J connectivity index is 0.000000921. The zero-order valence-corrected chi connectivity index (χ0v) is 10.8. The summed E-state index contributed by atoms with van der Waals surface area (Å²) in [5, 5.41) is 0. The van der Waals surface area contributed by atoms with Crippen LogP contribution in [0.3, 0.4) is 0 Å². The van der Waals surface area contributed by atoms with Crippen LogP contribution in [-0.2, 0) is 6.42 Å².